The second-order valence-corrected chi connectivity index (χ2v) is 8.64. The molecule has 162 valence electrons. The monoisotopic (exact) mass is 476 g/mol. The third-order valence-electron chi connectivity index (χ3n) is 4.88. The molecule has 8 heteroatoms. The second kappa shape index (κ2) is 10.8. The van der Waals surface area contributed by atoms with Gasteiger partial charge < -0.3 is 15.6 Å². The number of aliphatic carboxylic acids is 1. The van der Waals surface area contributed by atoms with Gasteiger partial charge in [0.25, 0.3) is 0 Å². The Labute approximate surface area is 196 Å². The Morgan fingerprint density at radius 3 is 2.58 bits per heavy atom. The number of carboxylic acid groups (broad SMARTS) is 1. The number of pyridine rings is 1. The molecule has 0 saturated carbocycles. The van der Waals surface area contributed by atoms with E-state index in [1.54, 1.807) is 36.5 Å². The lowest BCUT2D eigenvalue weighted by molar-refractivity contribution is -0.141. The number of aryl methyl sites for hydroxylation is 1. The lowest BCUT2D eigenvalue weighted by atomic mass is 9.93. The maximum absolute atomic E-state index is 11.9. The first-order valence-corrected chi connectivity index (χ1v) is 10.9. The summed E-state index contributed by atoms with van der Waals surface area (Å²) in [7, 11) is 0. The van der Waals surface area contributed by atoms with Crippen molar-refractivity contribution in [1.82, 2.24) is 4.98 Å². The van der Waals surface area contributed by atoms with Crippen LogP contribution in [0.15, 0.2) is 60.8 Å². The van der Waals surface area contributed by atoms with Crippen LogP contribution in [0.25, 0.3) is 0 Å². The summed E-state index contributed by atoms with van der Waals surface area (Å²) in [5, 5.41) is 10.3. The molecule has 0 spiro atoms. The number of aromatic nitrogens is 1. The van der Waals surface area contributed by atoms with E-state index in [2.05, 4.69) is 17.6 Å². The molecule has 0 amide bonds. The van der Waals surface area contributed by atoms with Gasteiger partial charge in [0.2, 0.25) is 0 Å². The topological polar surface area (TPSA) is 85.4 Å². The number of para-hydroxylation sites is 1. The molecule has 1 aromatic heterocycles. The molecule has 2 atom stereocenters. The van der Waals surface area contributed by atoms with Crippen molar-refractivity contribution in [2.24, 2.45) is 5.92 Å². The van der Waals surface area contributed by atoms with Crippen LogP contribution in [0.1, 0.15) is 17.5 Å². The van der Waals surface area contributed by atoms with Crippen molar-refractivity contribution in [2.45, 2.75) is 24.5 Å². The Morgan fingerprint density at radius 2 is 1.90 bits per heavy atom. The maximum atomic E-state index is 11.9. The number of hydrogen-bond donors (Lipinski definition) is 3. The lowest BCUT2D eigenvalue weighted by Gasteiger charge is -2.20. The number of halogens is 2. The summed E-state index contributed by atoms with van der Waals surface area (Å²) >= 11 is 16.8. The van der Waals surface area contributed by atoms with Gasteiger partial charge in [0, 0.05) is 16.5 Å². The van der Waals surface area contributed by atoms with Crippen molar-refractivity contribution in [2.75, 3.05) is 5.73 Å². The van der Waals surface area contributed by atoms with Gasteiger partial charge in [-0.15, -0.1) is 0 Å². The number of thiol groups is 1. The van der Waals surface area contributed by atoms with E-state index in [4.69, 9.17) is 33.7 Å². The third kappa shape index (κ3) is 6.53. The van der Waals surface area contributed by atoms with E-state index < -0.39 is 11.9 Å². The van der Waals surface area contributed by atoms with Crippen LogP contribution >= 0.6 is 35.8 Å². The summed E-state index contributed by atoms with van der Waals surface area (Å²) in [4.78, 5) is 15.9. The first kappa shape index (κ1) is 23.3. The molecule has 0 aliphatic heterocycles. The molecule has 3 rings (SSSR count). The Morgan fingerprint density at radius 1 is 1.13 bits per heavy atom. The highest BCUT2D eigenvalue weighted by Crippen LogP contribution is 2.34. The molecule has 0 aliphatic rings. The Balaban J connectivity index is 1.69. The SMILES string of the molecule is Nc1ccc(CC(C(=O)O)C(S)CCc2ccccc2Oc2ccc(Cl)cc2Cl)cn1. The van der Waals surface area contributed by atoms with E-state index in [0.29, 0.717) is 46.6 Å². The van der Waals surface area contributed by atoms with E-state index >= 15 is 0 Å². The van der Waals surface area contributed by atoms with Crippen molar-refractivity contribution in [3.8, 4) is 11.5 Å². The molecular formula is C23H22Cl2N2O3S. The van der Waals surface area contributed by atoms with Gasteiger partial charge in [-0.25, -0.2) is 4.98 Å². The van der Waals surface area contributed by atoms with Gasteiger partial charge in [0.05, 0.1) is 10.9 Å². The highest BCUT2D eigenvalue weighted by atomic mass is 35.5. The van der Waals surface area contributed by atoms with Gasteiger partial charge in [-0.1, -0.05) is 47.5 Å². The van der Waals surface area contributed by atoms with Gasteiger partial charge in [0.1, 0.15) is 17.3 Å². The molecule has 3 N–H and O–H groups in total. The Bertz CT molecular complexity index is 1050. The van der Waals surface area contributed by atoms with Crippen molar-refractivity contribution >= 4 is 47.6 Å². The number of carbonyl (C=O) groups is 1. The molecule has 2 unspecified atom stereocenters. The van der Waals surface area contributed by atoms with Crippen molar-refractivity contribution in [3.63, 3.8) is 0 Å². The molecule has 0 aliphatic carbocycles. The minimum Gasteiger partial charge on any atom is -0.481 e. The van der Waals surface area contributed by atoms with Crippen molar-refractivity contribution in [1.29, 1.82) is 0 Å². The van der Waals surface area contributed by atoms with Crippen molar-refractivity contribution < 1.29 is 14.6 Å². The maximum Gasteiger partial charge on any atom is 0.307 e. The molecule has 0 fully saturated rings. The van der Waals surface area contributed by atoms with Gasteiger partial charge in [-0.2, -0.15) is 12.6 Å². The fraction of sp³-hybridized carbons (Fsp3) is 0.217. The smallest absolute Gasteiger partial charge is 0.307 e. The zero-order valence-electron chi connectivity index (χ0n) is 16.5. The van der Waals surface area contributed by atoms with Crippen LogP contribution in [0, 0.1) is 5.92 Å². The molecule has 0 saturated heterocycles. The Hall–Kier alpha value is -2.41. The van der Waals surface area contributed by atoms with E-state index in [1.807, 2.05) is 24.3 Å². The molecule has 1 heterocycles. The molecular weight excluding hydrogens is 455 g/mol. The number of anilines is 1. The fourth-order valence-corrected chi connectivity index (χ4v) is 4.00. The zero-order valence-corrected chi connectivity index (χ0v) is 18.9. The number of nitrogen functional groups attached to an aromatic ring is 1. The largest absolute Gasteiger partial charge is 0.481 e. The predicted octanol–water partition coefficient (Wildman–Crippen LogP) is 5.94. The quantitative estimate of drug-likeness (QED) is 0.332. The van der Waals surface area contributed by atoms with Crippen LogP contribution in [-0.4, -0.2) is 21.3 Å². The minimum atomic E-state index is -0.894. The summed E-state index contributed by atoms with van der Waals surface area (Å²) in [5.41, 5.74) is 7.35. The van der Waals surface area contributed by atoms with Crippen LogP contribution in [0.4, 0.5) is 5.82 Å². The summed E-state index contributed by atoms with van der Waals surface area (Å²) < 4.78 is 5.99. The fourth-order valence-electron chi connectivity index (χ4n) is 3.19. The molecule has 5 nitrogen and oxygen atoms in total. The highest BCUT2D eigenvalue weighted by Gasteiger charge is 2.26. The van der Waals surface area contributed by atoms with E-state index in [-0.39, 0.29) is 5.25 Å². The number of benzene rings is 2. The van der Waals surface area contributed by atoms with E-state index in [9.17, 15) is 9.90 Å². The molecule has 2 aromatic carbocycles. The summed E-state index contributed by atoms with van der Waals surface area (Å²) in [5.74, 6) is -0.000584. The van der Waals surface area contributed by atoms with Gasteiger partial charge >= 0.3 is 5.97 Å². The molecule has 3 aromatic rings. The Kier molecular flexibility index (Phi) is 8.07. The molecule has 0 bridgehead atoms. The average Bonchev–Trinajstić information content (AvgIpc) is 2.74. The van der Waals surface area contributed by atoms with E-state index in [0.717, 1.165) is 11.1 Å². The normalized spacial score (nSPS) is 12.9. The number of carboxylic acids is 1. The minimum absolute atomic E-state index is 0.329. The van der Waals surface area contributed by atoms with Crippen LogP contribution in [0.3, 0.4) is 0 Å². The first-order valence-electron chi connectivity index (χ1n) is 9.65. The van der Waals surface area contributed by atoms with Crippen LogP contribution < -0.4 is 10.5 Å². The van der Waals surface area contributed by atoms with Gasteiger partial charge in [-0.05, 0) is 60.7 Å². The number of rotatable bonds is 9. The molecule has 31 heavy (non-hydrogen) atoms. The zero-order chi connectivity index (χ0) is 22.4. The number of nitrogens with two attached hydrogens (primary N) is 1. The second-order valence-electron chi connectivity index (χ2n) is 7.13. The summed E-state index contributed by atoms with van der Waals surface area (Å²) in [6, 6.07) is 16.1. The number of ether oxygens (including phenoxy) is 1. The van der Waals surface area contributed by atoms with Gasteiger partial charge in [-0.3, -0.25) is 4.79 Å². The highest BCUT2D eigenvalue weighted by molar-refractivity contribution is 7.81. The van der Waals surface area contributed by atoms with Crippen LogP contribution in [0.2, 0.25) is 10.0 Å². The standard InChI is InChI=1S/C23H22Cl2N2O3S/c24-16-7-8-20(18(25)12-16)30-19-4-2-1-3-15(19)6-9-21(31)17(23(28)29)11-14-5-10-22(26)27-13-14/h1-5,7-8,10,12-13,17,21,31H,6,9,11H2,(H2,26,27)(H,28,29). The number of nitrogens with zero attached hydrogens (tertiary/aromatic N) is 1. The average molecular weight is 477 g/mol. The van der Waals surface area contributed by atoms with Gasteiger partial charge in [0.15, 0.2) is 0 Å². The van der Waals surface area contributed by atoms with E-state index in [1.165, 1.54) is 0 Å². The third-order valence-corrected chi connectivity index (χ3v) is 6.03. The summed E-state index contributed by atoms with van der Waals surface area (Å²) in [6.07, 6.45) is 3.08. The van der Waals surface area contributed by atoms with Crippen LogP contribution in [-0.2, 0) is 17.6 Å². The molecule has 0 radical (unpaired) electrons. The lowest BCUT2D eigenvalue weighted by Crippen LogP contribution is -2.27. The predicted molar refractivity (Wildman–Crippen MR) is 128 cm³/mol. The van der Waals surface area contributed by atoms with Crippen LogP contribution in [0.5, 0.6) is 11.5 Å². The first-order chi connectivity index (χ1) is 14.8. The van der Waals surface area contributed by atoms with Crippen molar-refractivity contribution in [3.05, 3.63) is 82.0 Å². The summed E-state index contributed by atoms with van der Waals surface area (Å²) in [6.45, 7) is 0. The number of hydrogen-bond acceptors (Lipinski definition) is 5.